The van der Waals surface area contributed by atoms with Gasteiger partial charge in [0.2, 0.25) is 0 Å². The van der Waals surface area contributed by atoms with Crippen LogP contribution in [-0.4, -0.2) is 5.08 Å². The Morgan fingerprint density at radius 1 is 1.36 bits per heavy atom. The quantitative estimate of drug-likeness (QED) is 0.690. The molecule has 0 amide bonds. The number of alkyl halides is 2. The van der Waals surface area contributed by atoms with Gasteiger partial charge in [0.15, 0.2) is 5.08 Å². The Bertz CT molecular complexity index is 220. The molecule has 3 heteroatoms. The Kier molecular flexibility index (Phi) is 3.34. The predicted molar refractivity (Wildman–Crippen MR) is 49.0 cm³/mol. The molecule has 0 aliphatic carbocycles. The van der Waals surface area contributed by atoms with Crippen LogP contribution in [-0.2, 0) is 6.42 Å². The van der Waals surface area contributed by atoms with E-state index in [1.54, 1.807) is 12.1 Å². The number of benzene rings is 1. The minimum atomic E-state index is -0.969. The zero-order valence-corrected chi connectivity index (χ0v) is 8.07. The summed E-state index contributed by atoms with van der Waals surface area (Å²) in [4.78, 5) is 0. The molecule has 0 bridgehead atoms. The lowest BCUT2D eigenvalue weighted by atomic mass is 10.2. The number of rotatable bonds is 2. The van der Waals surface area contributed by atoms with Crippen LogP contribution in [0.25, 0.3) is 0 Å². The third-order valence-corrected chi connectivity index (χ3v) is 1.88. The summed E-state index contributed by atoms with van der Waals surface area (Å²) in [5.41, 5.74) is 0.943. The molecule has 0 heterocycles. The molecule has 0 aromatic heterocycles. The summed E-state index contributed by atoms with van der Waals surface area (Å²) in [6.45, 7) is 0. The molecular weight excluding hydrogens is 230 g/mol. The highest BCUT2D eigenvalue weighted by molar-refractivity contribution is 9.09. The molecular formula is C8H7BrClF. The van der Waals surface area contributed by atoms with Crippen molar-refractivity contribution in [1.82, 2.24) is 0 Å². The Labute approximate surface area is 78.5 Å². The molecule has 0 fully saturated rings. The minimum absolute atomic E-state index is 0.386. The first-order valence-electron chi connectivity index (χ1n) is 3.21. The molecule has 1 rings (SSSR count). The lowest BCUT2D eigenvalue weighted by Crippen LogP contribution is -1.93. The van der Waals surface area contributed by atoms with Gasteiger partial charge in [-0.3, -0.25) is 0 Å². The van der Waals surface area contributed by atoms with Gasteiger partial charge in [-0.05, 0) is 17.7 Å². The van der Waals surface area contributed by atoms with E-state index >= 15 is 0 Å². The SMILES string of the molecule is F[C@@H](Br)Cc1ccc(Cl)cc1. The number of hydrogen-bond acceptors (Lipinski definition) is 0. The van der Waals surface area contributed by atoms with Crippen LogP contribution in [0.1, 0.15) is 5.56 Å². The van der Waals surface area contributed by atoms with Gasteiger partial charge in [0.05, 0.1) is 0 Å². The maximum atomic E-state index is 12.4. The smallest absolute Gasteiger partial charge is 0.158 e. The van der Waals surface area contributed by atoms with Gasteiger partial charge in [-0.15, -0.1) is 0 Å². The van der Waals surface area contributed by atoms with Crippen LogP contribution >= 0.6 is 27.5 Å². The average molecular weight is 237 g/mol. The predicted octanol–water partition coefficient (Wildman–Crippen LogP) is 3.57. The normalized spacial score (nSPS) is 13.0. The molecule has 11 heavy (non-hydrogen) atoms. The highest BCUT2D eigenvalue weighted by Crippen LogP contribution is 2.14. The highest BCUT2D eigenvalue weighted by atomic mass is 79.9. The van der Waals surface area contributed by atoms with Crippen molar-refractivity contribution < 1.29 is 4.39 Å². The van der Waals surface area contributed by atoms with Crippen molar-refractivity contribution in [2.75, 3.05) is 0 Å². The van der Waals surface area contributed by atoms with Gasteiger partial charge in [0.1, 0.15) is 0 Å². The van der Waals surface area contributed by atoms with Crippen molar-refractivity contribution in [3.05, 3.63) is 34.9 Å². The molecule has 0 saturated heterocycles. The van der Waals surface area contributed by atoms with Gasteiger partial charge in [-0.25, -0.2) is 4.39 Å². The van der Waals surface area contributed by atoms with Crippen LogP contribution in [0.3, 0.4) is 0 Å². The largest absolute Gasteiger partial charge is 0.235 e. The molecule has 0 nitrogen and oxygen atoms in total. The first-order chi connectivity index (χ1) is 5.18. The third kappa shape index (κ3) is 3.21. The number of hydrogen-bond donors (Lipinski definition) is 0. The third-order valence-electron chi connectivity index (χ3n) is 1.30. The zero-order valence-electron chi connectivity index (χ0n) is 5.73. The molecule has 0 unspecified atom stereocenters. The standard InChI is InChI=1S/C8H7BrClF/c9-8(11)5-6-1-3-7(10)4-2-6/h1-4,8H,5H2/t8-/m1/s1. The van der Waals surface area contributed by atoms with Crippen molar-refractivity contribution in [2.45, 2.75) is 11.5 Å². The zero-order chi connectivity index (χ0) is 8.27. The Hall–Kier alpha value is -0.0800. The summed E-state index contributed by atoms with van der Waals surface area (Å²) in [5, 5.41) is -0.289. The van der Waals surface area contributed by atoms with Crippen molar-refractivity contribution in [1.29, 1.82) is 0 Å². The summed E-state index contributed by atoms with van der Waals surface area (Å²) < 4.78 is 12.4. The summed E-state index contributed by atoms with van der Waals surface area (Å²) >= 11 is 8.47. The second-order valence-corrected chi connectivity index (χ2v) is 3.65. The fraction of sp³-hybridized carbons (Fsp3) is 0.250. The molecule has 0 N–H and O–H groups in total. The molecule has 0 radical (unpaired) electrons. The van der Waals surface area contributed by atoms with Crippen LogP contribution in [0.4, 0.5) is 4.39 Å². The van der Waals surface area contributed by atoms with Gasteiger partial charge in [0, 0.05) is 11.4 Å². The van der Waals surface area contributed by atoms with E-state index in [0.29, 0.717) is 11.4 Å². The lowest BCUT2D eigenvalue weighted by molar-refractivity contribution is 0.460. The summed E-state index contributed by atoms with van der Waals surface area (Å²) in [7, 11) is 0. The Morgan fingerprint density at radius 2 is 1.91 bits per heavy atom. The van der Waals surface area contributed by atoms with Crippen LogP contribution in [0.15, 0.2) is 24.3 Å². The highest BCUT2D eigenvalue weighted by Gasteiger charge is 2.00. The molecule has 1 aromatic rings. The van der Waals surface area contributed by atoms with E-state index in [9.17, 15) is 4.39 Å². The molecule has 1 atom stereocenters. The first kappa shape index (κ1) is 9.01. The average Bonchev–Trinajstić information content (AvgIpc) is 1.93. The van der Waals surface area contributed by atoms with Gasteiger partial charge < -0.3 is 0 Å². The maximum Gasteiger partial charge on any atom is 0.158 e. The molecule has 0 spiro atoms. The maximum absolute atomic E-state index is 12.4. The van der Waals surface area contributed by atoms with E-state index in [4.69, 9.17) is 11.6 Å². The number of halogens is 3. The van der Waals surface area contributed by atoms with Crippen LogP contribution < -0.4 is 0 Å². The summed E-state index contributed by atoms with van der Waals surface area (Å²) in [6, 6.07) is 7.14. The van der Waals surface area contributed by atoms with Crippen LogP contribution in [0, 0.1) is 0 Å². The van der Waals surface area contributed by atoms with Crippen molar-refractivity contribution in [3.63, 3.8) is 0 Å². The molecule has 60 valence electrons. The van der Waals surface area contributed by atoms with Crippen LogP contribution in [0.5, 0.6) is 0 Å². The second-order valence-electron chi connectivity index (χ2n) is 2.22. The minimum Gasteiger partial charge on any atom is -0.235 e. The van der Waals surface area contributed by atoms with E-state index in [1.807, 2.05) is 12.1 Å². The van der Waals surface area contributed by atoms with Crippen molar-refractivity contribution in [2.24, 2.45) is 0 Å². The molecule has 0 saturated carbocycles. The first-order valence-corrected chi connectivity index (χ1v) is 4.50. The van der Waals surface area contributed by atoms with Crippen LogP contribution in [0.2, 0.25) is 5.02 Å². The van der Waals surface area contributed by atoms with Gasteiger partial charge in [-0.1, -0.05) is 39.7 Å². The molecule has 0 aliphatic heterocycles. The Balaban J connectivity index is 2.66. The van der Waals surface area contributed by atoms with Gasteiger partial charge in [0.25, 0.3) is 0 Å². The Morgan fingerprint density at radius 3 is 2.36 bits per heavy atom. The van der Waals surface area contributed by atoms with Gasteiger partial charge in [-0.2, -0.15) is 0 Å². The summed E-state index contributed by atoms with van der Waals surface area (Å²) in [6.07, 6.45) is 0.386. The van der Waals surface area contributed by atoms with E-state index in [-0.39, 0.29) is 0 Å². The van der Waals surface area contributed by atoms with E-state index in [2.05, 4.69) is 15.9 Å². The van der Waals surface area contributed by atoms with Gasteiger partial charge >= 0.3 is 0 Å². The van der Waals surface area contributed by atoms with Crippen molar-refractivity contribution >= 4 is 27.5 Å². The topological polar surface area (TPSA) is 0 Å². The molecule has 0 aliphatic rings. The second kappa shape index (κ2) is 4.07. The van der Waals surface area contributed by atoms with Crippen molar-refractivity contribution in [3.8, 4) is 0 Å². The molecule has 1 aromatic carbocycles. The van der Waals surface area contributed by atoms with E-state index < -0.39 is 5.08 Å². The van der Waals surface area contributed by atoms with E-state index in [0.717, 1.165) is 5.56 Å². The fourth-order valence-electron chi connectivity index (χ4n) is 0.799. The monoisotopic (exact) mass is 236 g/mol. The summed E-state index contributed by atoms with van der Waals surface area (Å²) in [5.74, 6) is 0. The lowest BCUT2D eigenvalue weighted by Gasteiger charge is -1.99. The van der Waals surface area contributed by atoms with E-state index in [1.165, 1.54) is 0 Å². The fourth-order valence-corrected chi connectivity index (χ4v) is 1.30.